The highest BCUT2D eigenvalue weighted by molar-refractivity contribution is 7.13. The number of hydrogen-bond acceptors (Lipinski definition) is 2. The van der Waals surface area contributed by atoms with Gasteiger partial charge in [-0.05, 0) is 43.0 Å². The third-order valence-electron chi connectivity index (χ3n) is 1.98. The Balaban J connectivity index is 2.53. The second-order valence-corrected chi connectivity index (χ2v) is 4.01. The van der Waals surface area contributed by atoms with E-state index in [0.29, 0.717) is 0 Å². The van der Waals surface area contributed by atoms with Crippen molar-refractivity contribution in [2.24, 2.45) is 0 Å². The molecule has 66 valence electrons. The van der Waals surface area contributed by atoms with Crippen LogP contribution in [0.25, 0.3) is 10.6 Å². The molecule has 2 heteroatoms. The van der Waals surface area contributed by atoms with Gasteiger partial charge >= 0.3 is 0 Å². The maximum atomic E-state index is 4.49. The Kier molecular flexibility index (Phi) is 2.15. The van der Waals surface area contributed by atoms with E-state index in [9.17, 15) is 0 Å². The van der Waals surface area contributed by atoms with Crippen molar-refractivity contribution in [1.29, 1.82) is 0 Å². The van der Waals surface area contributed by atoms with Gasteiger partial charge in [-0.1, -0.05) is 6.07 Å². The second-order valence-electron chi connectivity index (χ2n) is 3.10. The van der Waals surface area contributed by atoms with E-state index in [0.717, 1.165) is 11.4 Å². The fourth-order valence-electron chi connectivity index (χ4n) is 1.30. The first-order valence-corrected chi connectivity index (χ1v) is 5.13. The van der Waals surface area contributed by atoms with E-state index < -0.39 is 0 Å². The maximum absolute atomic E-state index is 4.49. The van der Waals surface area contributed by atoms with Crippen molar-refractivity contribution >= 4 is 11.3 Å². The van der Waals surface area contributed by atoms with Crippen molar-refractivity contribution in [2.45, 2.75) is 13.8 Å². The molecule has 0 saturated carbocycles. The predicted octanol–water partition coefficient (Wildman–Crippen LogP) is 3.43. The lowest BCUT2D eigenvalue weighted by Gasteiger charge is -1.99. The number of nitrogens with zero attached hydrogens (tertiary/aromatic N) is 1. The number of hydrogen-bond donors (Lipinski definition) is 0. The highest BCUT2D eigenvalue weighted by Gasteiger charge is 2.03. The number of thiophene rings is 1. The van der Waals surface area contributed by atoms with Gasteiger partial charge in [0.25, 0.3) is 0 Å². The zero-order valence-electron chi connectivity index (χ0n) is 7.74. The van der Waals surface area contributed by atoms with E-state index in [1.54, 1.807) is 11.3 Å². The summed E-state index contributed by atoms with van der Waals surface area (Å²) in [5, 5.41) is 2.11. The Hall–Kier alpha value is -1.15. The van der Waals surface area contributed by atoms with E-state index >= 15 is 0 Å². The van der Waals surface area contributed by atoms with E-state index in [1.165, 1.54) is 10.4 Å². The Bertz CT molecular complexity index is 418. The van der Waals surface area contributed by atoms with Crippen molar-refractivity contribution in [1.82, 2.24) is 4.98 Å². The maximum Gasteiger partial charge on any atom is 0.0807 e. The van der Waals surface area contributed by atoms with E-state index in [-0.39, 0.29) is 0 Å². The molecule has 2 heterocycles. The van der Waals surface area contributed by atoms with Crippen molar-refractivity contribution in [3.05, 3.63) is 40.9 Å². The summed E-state index contributed by atoms with van der Waals surface area (Å²) in [6.45, 7) is 4.14. The molecule has 0 bridgehead atoms. The SMILES string of the molecule is Cc1cccc(-c2sccc2C)n1. The van der Waals surface area contributed by atoms with Gasteiger partial charge in [-0.25, -0.2) is 0 Å². The molecular weight excluding hydrogens is 178 g/mol. The molecule has 0 spiro atoms. The lowest BCUT2D eigenvalue weighted by Crippen LogP contribution is -1.84. The molecule has 0 saturated heterocycles. The highest BCUT2D eigenvalue weighted by Crippen LogP contribution is 2.27. The average Bonchev–Trinajstić information content (AvgIpc) is 2.51. The summed E-state index contributed by atoms with van der Waals surface area (Å²) in [6, 6.07) is 8.26. The number of aromatic nitrogens is 1. The standard InChI is InChI=1S/C11H11NS/c1-8-6-7-13-11(8)10-5-3-4-9(2)12-10/h3-7H,1-2H3. The molecule has 2 aromatic heterocycles. The minimum Gasteiger partial charge on any atom is -0.252 e. The molecule has 0 radical (unpaired) electrons. The molecule has 1 nitrogen and oxygen atoms in total. The summed E-state index contributed by atoms with van der Waals surface area (Å²) in [7, 11) is 0. The lowest BCUT2D eigenvalue weighted by atomic mass is 10.2. The molecule has 0 aliphatic carbocycles. The summed E-state index contributed by atoms with van der Waals surface area (Å²) in [5.74, 6) is 0. The minimum atomic E-state index is 1.07. The first-order chi connectivity index (χ1) is 6.27. The normalized spacial score (nSPS) is 10.3. The minimum absolute atomic E-state index is 1.07. The zero-order valence-corrected chi connectivity index (χ0v) is 8.56. The molecule has 13 heavy (non-hydrogen) atoms. The largest absolute Gasteiger partial charge is 0.252 e. The topological polar surface area (TPSA) is 12.9 Å². The number of rotatable bonds is 1. The first-order valence-electron chi connectivity index (χ1n) is 4.25. The van der Waals surface area contributed by atoms with Crippen molar-refractivity contribution < 1.29 is 0 Å². The quantitative estimate of drug-likeness (QED) is 0.669. The second kappa shape index (κ2) is 3.30. The van der Waals surface area contributed by atoms with Crippen molar-refractivity contribution in [2.75, 3.05) is 0 Å². The fourth-order valence-corrected chi connectivity index (χ4v) is 2.20. The highest BCUT2D eigenvalue weighted by atomic mass is 32.1. The molecule has 0 amide bonds. The Morgan fingerprint density at radius 1 is 1.15 bits per heavy atom. The zero-order chi connectivity index (χ0) is 9.26. The van der Waals surface area contributed by atoms with Crippen LogP contribution in [-0.2, 0) is 0 Å². The molecule has 0 aromatic carbocycles. The van der Waals surface area contributed by atoms with Gasteiger partial charge in [0.05, 0.1) is 10.6 Å². The first kappa shape index (κ1) is 8.45. The van der Waals surface area contributed by atoms with Crippen LogP contribution in [0.1, 0.15) is 11.3 Å². The van der Waals surface area contributed by atoms with Crippen molar-refractivity contribution in [3.8, 4) is 10.6 Å². The van der Waals surface area contributed by atoms with Crippen LogP contribution in [0.2, 0.25) is 0 Å². The lowest BCUT2D eigenvalue weighted by molar-refractivity contribution is 1.21. The van der Waals surface area contributed by atoms with Gasteiger partial charge in [-0.15, -0.1) is 11.3 Å². The fraction of sp³-hybridized carbons (Fsp3) is 0.182. The van der Waals surface area contributed by atoms with Gasteiger partial charge in [0, 0.05) is 5.69 Å². The Labute approximate surface area is 82.1 Å². The molecule has 0 N–H and O–H groups in total. The van der Waals surface area contributed by atoms with E-state index in [2.05, 4.69) is 35.5 Å². The number of pyridine rings is 1. The molecule has 2 aromatic rings. The molecule has 0 fully saturated rings. The van der Waals surface area contributed by atoms with Crippen LogP contribution in [0.5, 0.6) is 0 Å². The average molecular weight is 189 g/mol. The summed E-state index contributed by atoms with van der Waals surface area (Å²) >= 11 is 1.75. The van der Waals surface area contributed by atoms with Gasteiger partial charge in [-0.3, -0.25) is 4.98 Å². The Morgan fingerprint density at radius 2 is 2.00 bits per heavy atom. The van der Waals surface area contributed by atoms with Gasteiger partial charge in [0.1, 0.15) is 0 Å². The third-order valence-corrected chi connectivity index (χ3v) is 3.02. The molecule has 0 atom stereocenters. The van der Waals surface area contributed by atoms with Crippen molar-refractivity contribution in [3.63, 3.8) is 0 Å². The van der Waals surface area contributed by atoms with Gasteiger partial charge in [0.2, 0.25) is 0 Å². The third kappa shape index (κ3) is 1.63. The van der Waals surface area contributed by atoms with Gasteiger partial charge in [-0.2, -0.15) is 0 Å². The molecule has 0 aliphatic heterocycles. The van der Waals surface area contributed by atoms with E-state index in [1.807, 2.05) is 13.0 Å². The summed E-state index contributed by atoms with van der Waals surface area (Å²) in [6.07, 6.45) is 0. The van der Waals surface area contributed by atoms with Crippen LogP contribution in [-0.4, -0.2) is 4.98 Å². The predicted molar refractivity (Wildman–Crippen MR) is 57.0 cm³/mol. The van der Waals surface area contributed by atoms with Crippen LogP contribution < -0.4 is 0 Å². The molecule has 2 rings (SSSR count). The Morgan fingerprint density at radius 3 is 2.62 bits per heavy atom. The molecule has 0 unspecified atom stereocenters. The van der Waals surface area contributed by atoms with Crippen LogP contribution in [0, 0.1) is 13.8 Å². The van der Waals surface area contributed by atoms with Crippen LogP contribution in [0.4, 0.5) is 0 Å². The summed E-state index contributed by atoms with van der Waals surface area (Å²) < 4.78 is 0. The molecular formula is C11H11NS. The summed E-state index contributed by atoms with van der Waals surface area (Å²) in [5.41, 5.74) is 3.47. The van der Waals surface area contributed by atoms with Gasteiger partial charge < -0.3 is 0 Å². The monoisotopic (exact) mass is 189 g/mol. The smallest absolute Gasteiger partial charge is 0.0807 e. The van der Waals surface area contributed by atoms with Gasteiger partial charge in [0.15, 0.2) is 0 Å². The van der Waals surface area contributed by atoms with Crippen LogP contribution in [0.3, 0.4) is 0 Å². The van der Waals surface area contributed by atoms with Crippen LogP contribution in [0.15, 0.2) is 29.6 Å². The van der Waals surface area contributed by atoms with E-state index in [4.69, 9.17) is 0 Å². The molecule has 0 aliphatic rings. The van der Waals surface area contributed by atoms with Crippen LogP contribution >= 0.6 is 11.3 Å². The summed E-state index contributed by atoms with van der Waals surface area (Å²) in [4.78, 5) is 5.77. The number of aryl methyl sites for hydroxylation is 2.